The third-order valence-electron chi connectivity index (χ3n) is 4.87. The molecule has 0 saturated carbocycles. The number of ether oxygens (including phenoxy) is 1. The largest absolute Gasteiger partial charge is 0.379 e. The minimum absolute atomic E-state index is 0.130. The lowest BCUT2D eigenvalue weighted by Crippen LogP contribution is -2.41. The van der Waals surface area contributed by atoms with Gasteiger partial charge in [-0.05, 0) is 55.3 Å². The van der Waals surface area contributed by atoms with Gasteiger partial charge in [0.05, 0.1) is 13.2 Å². The van der Waals surface area contributed by atoms with Crippen LogP contribution in [0.3, 0.4) is 0 Å². The summed E-state index contributed by atoms with van der Waals surface area (Å²) in [6.07, 6.45) is 0. The van der Waals surface area contributed by atoms with E-state index in [1.807, 2.05) is 32.0 Å². The van der Waals surface area contributed by atoms with Crippen molar-refractivity contribution in [2.24, 2.45) is 0 Å². The first kappa shape index (κ1) is 20.0. The molecule has 0 atom stereocenters. The van der Waals surface area contributed by atoms with Crippen LogP contribution in [0.5, 0.6) is 0 Å². The van der Waals surface area contributed by atoms with E-state index in [9.17, 15) is 9.59 Å². The second-order valence-electron chi connectivity index (χ2n) is 7.06. The van der Waals surface area contributed by atoms with Gasteiger partial charge in [0.1, 0.15) is 0 Å². The van der Waals surface area contributed by atoms with Crippen LogP contribution in [0.1, 0.15) is 31.8 Å². The molecular formula is C22H27N3O3. The van der Waals surface area contributed by atoms with Gasteiger partial charge < -0.3 is 15.4 Å². The molecular weight excluding hydrogens is 354 g/mol. The first-order valence-corrected chi connectivity index (χ1v) is 9.60. The first-order chi connectivity index (χ1) is 13.5. The minimum atomic E-state index is -0.187. The Balaban J connectivity index is 1.52. The molecule has 1 fully saturated rings. The zero-order valence-electron chi connectivity index (χ0n) is 16.5. The van der Waals surface area contributed by atoms with Gasteiger partial charge in [-0.25, -0.2) is 0 Å². The molecule has 0 spiro atoms. The lowest BCUT2D eigenvalue weighted by Gasteiger charge is -2.26. The molecule has 0 radical (unpaired) electrons. The predicted octanol–water partition coefficient (Wildman–Crippen LogP) is 2.62. The van der Waals surface area contributed by atoms with Crippen LogP contribution in [0.4, 0.5) is 5.69 Å². The molecule has 6 heteroatoms. The van der Waals surface area contributed by atoms with Gasteiger partial charge in [0.25, 0.3) is 11.8 Å². The first-order valence-electron chi connectivity index (χ1n) is 9.60. The van der Waals surface area contributed by atoms with Crippen molar-refractivity contribution in [3.63, 3.8) is 0 Å². The molecule has 148 valence electrons. The number of nitrogens with zero attached hydrogens (tertiary/aromatic N) is 1. The van der Waals surface area contributed by atoms with E-state index < -0.39 is 0 Å². The van der Waals surface area contributed by atoms with Crippen molar-refractivity contribution in [2.75, 3.05) is 44.7 Å². The smallest absolute Gasteiger partial charge is 0.255 e. The van der Waals surface area contributed by atoms with E-state index in [1.54, 1.807) is 24.3 Å². The predicted molar refractivity (Wildman–Crippen MR) is 110 cm³/mol. The van der Waals surface area contributed by atoms with E-state index in [-0.39, 0.29) is 11.8 Å². The highest BCUT2D eigenvalue weighted by molar-refractivity contribution is 6.05. The molecule has 0 bridgehead atoms. The number of amides is 2. The number of rotatable bonds is 6. The number of morpholine rings is 1. The van der Waals surface area contributed by atoms with Gasteiger partial charge in [-0.15, -0.1) is 0 Å². The Kier molecular flexibility index (Phi) is 6.79. The number of benzene rings is 2. The van der Waals surface area contributed by atoms with Crippen LogP contribution in [0.25, 0.3) is 0 Å². The Bertz CT molecular complexity index is 827. The molecule has 2 aromatic rings. The fraction of sp³-hybridized carbons (Fsp3) is 0.364. The highest BCUT2D eigenvalue weighted by Crippen LogP contribution is 2.17. The van der Waals surface area contributed by atoms with Gasteiger partial charge in [-0.3, -0.25) is 14.5 Å². The van der Waals surface area contributed by atoms with Crippen LogP contribution in [0, 0.1) is 13.8 Å². The molecule has 6 nitrogen and oxygen atoms in total. The Labute approximate surface area is 165 Å². The number of hydrogen-bond donors (Lipinski definition) is 2. The van der Waals surface area contributed by atoms with Crippen LogP contribution >= 0.6 is 0 Å². The maximum Gasteiger partial charge on any atom is 0.255 e. The average Bonchev–Trinajstić information content (AvgIpc) is 2.71. The lowest BCUT2D eigenvalue weighted by atomic mass is 10.1. The molecule has 1 aliphatic rings. The number of anilines is 1. The lowest BCUT2D eigenvalue weighted by molar-refractivity contribution is 0.0383. The Hall–Kier alpha value is -2.70. The highest BCUT2D eigenvalue weighted by Gasteiger charge is 2.12. The van der Waals surface area contributed by atoms with Crippen molar-refractivity contribution in [2.45, 2.75) is 13.8 Å². The minimum Gasteiger partial charge on any atom is -0.379 e. The molecule has 2 aromatic carbocycles. The van der Waals surface area contributed by atoms with Crippen molar-refractivity contribution in [3.05, 3.63) is 64.7 Å². The van der Waals surface area contributed by atoms with E-state index in [2.05, 4.69) is 15.5 Å². The maximum atomic E-state index is 12.5. The van der Waals surface area contributed by atoms with E-state index in [0.29, 0.717) is 17.7 Å². The van der Waals surface area contributed by atoms with Crippen LogP contribution in [0.2, 0.25) is 0 Å². The van der Waals surface area contributed by atoms with Crippen molar-refractivity contribution in [1.29, 1.82) is 0 Å². The summed E-state index contributed by atoms with van der Waals surface area (Å²) < 4.78 is 5.31. The SMILES string of the molecule is Cc1ccc(C)c(NC(=O)c2ccc(C(=O)NCCN3CCOCC3)cc2)c1. The fourth-order valence-electron chi connectivity index (χ4n) is 3.09. The number of nitrogens with one attached hydrogen (secondary N) is 2. The monoisotopic (exact) mass is 381 g/mol. The van der Waals surface area contributed by atoms with Crippen LogP contribution in [0.15, 0.2) is 42.5 Å². The van der Waals surface area contributed by atoms with Crippen LogP contribution in [-0.2, 0) is 4.74 Å². The van der Waals surface area contributed by atoms with Crippen LogP contribution in [-0.4, -0.2) is 56.1 Å². The van der Waals surface area contributed by atoms with Crippen molar-refractivity contribution in [1.82, 2.24) is 10.2 Å². The summed E-state index contributed by atoms with van der Waals surface area (Å²) in [7, 11) is 0. The van der Waals surface area contributed by atoms with Crippen molar-refractivity contribution < 1.29 is 14.3 Å². The van der Waals surface area contributed by atoms with E-state index in [0.717, 1.165) is 49.7 Å². The molecule has 1 heterocycles. The summed E-state index contributed by atoms with van der Waals surface area (Å²) in [6.45, 7) is 8.65. The van der Waals surface area contributed by atoms with Gasteiger partial charge in [0.15, 0.2) is 0 Å². The molecule has 0 aromatic heterocycles. The summed E-state index contributed by atoms with van der Waals surface area (Å²) in [5.41, 5.74) is 3.96. The fourth-order valence-corrected chi connectivity index (χ4v) is 3.09. The van der Waals surface area contributed by atoms with Crippen molar-refractivity contribution >= 4 is 17.5 Å². The maximum absolute atomic E-state index is 12.5. The van der Waals surface area contributed by atoms with Crippen LogP contribution < -0.4 is 10.6 Å². The highest BCUT2D eigenvalue weighted by atomic mass is 16.5. The summed E-state index contributed by atoms with van der Waals surface area (Å²) in [4.78, 5) is 27.0. The summed E-state index contributed by atoms with van der Waals surface area (Å²) in [6, 6.07) is 12.7. The molecule has 0 aliphatic carbocycles. The Morgan fingerprint density at radius 3 is 2.29 bits per heavy atom. The zero-order chi connectivity index (χ0) is 19.9. The molecule has 2 amide bonds. The molecule has 28 heavy (non-hydrogen) atoms. The standard InChI is InChI=1S/C22H27N3O3/c1-16-3-4-17(2)20(15-16)24-22(27)19-7-5-18(6-8-19)21(26)23-9-10-25-11-13-28-14-12-25/h3-8,15H,9-14H2,1-2H3,(H,23,26)(H,24,27). The summed E-state index contributed by atoms with van der Waals surface area (Å²) >= 11 is 0. The molecule has 1 saturated heterocycles. The summed E-state index contributed by atoms with van der Waals surface area (Å²) in [5, 5.41) is 5.86. The molecule has 0 unspecified atom stereocenters. The van der Waals surface area contributed by atoms with E-state index in [1.165, 1.54) is 0 Å². The molecule has 1 aliphatic heterocycles. The molecule has 3 rings (SSSR count). The second-order valence-corrected chi connectivity index (χ2v) is 7.06. The third kappa shape index (κ3) is 5.41. The zero-order valence-corrected chi connectivity index (χ0v) is 16.5. The number of hydrogen-bond acceptors (Lipinski definition) is 4. The normalized spacial score (nSPS) is 14.5. The van der Waals surface area contributed by atoms with Crippen molar-refractivity contribution in [3.8, 4) is 0 Å². The number of carbonyl (C=O) groups is 2. The van der Waals surface area contributed by atoms with Gasteiger partial charge in [-0.2, -0.15) is 0 Å². The quantitative estimate of drug-likeness (QED) is 0.807. The van der Waals surface area contributed by atoms with Gasteiger partial charge in [0.2, 0.25) is 0 Å². The van der Waals surface area contributed by atoms with E-state index in [4.69, 9.17) is 4.74 Å². The second kappa shape index (κ2) is 9.48. The van der Waals surface area contributed by atoms with Gasteiger partial charge in [0, 0.05) is 43.0 Å². The summed E-state index contributed by atoms with van der Waals surface area (Å²) in [5.74, 6) is -0.317. The van der Waals surface area contributed by atoms with E-state index >= 15 is 0 Å². The third-order valence-corrected chi connectivity index (χ3v) is 4.87. The average molecular weight is 381 g/mol. The van der Waals surface area contributed by atoms with Gasteiger partial charge in [-0.1, -0.05) is 12.1 Å². The topological polar surface area (TPSA) is 70.7 Å². The molecule has 2 N–H and O–H groups in total. The Morgan fingerprint density at radius 2 is 1.61 bits per heavy atom. The number of aryl methyl sites for hydroxylation is 2. The Morgan fingerprint density at radius 1 is 0.964 bits per heavy atom. The number of carbonyl (C=O) groups excluding carboxylic acids is 2. The van der Waals surface area contributed by atoms with Gasteiger partial charge >= 0.3 is 0 Å².